The van der Waals surface area contributed by atoms with Gasteiger partial charge in [-0.15, -0.1) is 0 Å². The van der Waals surface area contributed by atoms with Crippen LogP contribution in [0.1, 0.15) is 60.8 Å². The standard InChI is InChI=1S/C33H37N3O/c1-3-9-30-32(28-18-16-27(17-19-28)15-14-26-10-5-4-6-11-26)31-24-35(22-7-8-23-36(30)31)33(37)34-29-20-12-25(2)13-21-29/h4-6,10-13,16-21,30-32H,3,7-9,22-24H2,1-2H3,(H,34,37)/t30-,31+,32+/m1/s1. The second kappa shape index (κ2) is 11.7. The summed E-state index contributed by atoms with van der Waals surface area (Å²) in [7, 11) is 0. The zero-order valence-electron chi connectivity index (χ0n) is 22.0. The summed E-state index contributed by atoms with van der Waals surface area (Å²) in [6.07, 6.45) is 4.53. The minimum atomic E-state index is 0.00919. The normalized spacial score (nSPS) is 21.5. The summed E-state index contributed by atoms with van der Waals surface area (Å²) in [5, 5.41) is 3.13. The lowest BCUT2D eigenvalue weighted by Gasteiger charge is -2.58. The molecule has 4 heteroatoms. The van der Waals surface area contributed by atoms with Crippen LogP contribution >= 0.6 is 0 Å². The van der Waals surface area contributed by atoms with Crippen molar-refractivity contribution in [3.05, 3.63) is 101 Å². The van der Waals surface area contributed by atoms with Gasteiger partial charge in [0.2, 0.25) is 0 Å². The predicted molar refractivity (Wildman–Crippen MR) is 152 cm³/mol. The highest BCUT2D eigenvalue weighted by Gasteiger charge is 2.49. The van der Waals surface area contributed by atoms with Crippen LogP contribution in [-0.4, -0.2) is 47.5 Å². The van der Waals surface area contributed by atoms with Gasteiger partial charge in [-0.25, -0.2) is 4.79 Å². The molecule has 0 saturated carbocycles. The Balaban J connectivity index is 1.33. The number of aryl methyl sites for hydroxylation is 1. The van der Waals surface area contributed by atoms with Gasteiger partial charge in [-0.3, -0.25) is 4.90 Å². The average molecular weight is 492 g/mol. The molecule has 0 aliphatic carbocycles. The van der Waals surface area contributed by atoms with Crippen LogP contribution in [0, 0.1) is 18.8 Å². The molecule has 0 bridgehead atoms. The van der Waals surface area contributed by atoms with Gasteiger partial charge in [0.15, 0.2) is 0 Å². The van der Waals surface area contributed by atoms with E-state index in [1.54, 1.807) is 0 Å². The number of carbonyl (C=O) groups is 1. The third kappa shape index (κ3) is 5.89. The van der Waals surface area contributed by atoms with E-state index in [-0.39, 0.29) is 6.03 Å². The zero-order valence-corrected chi connectivity index (χ0v) is 22.0. The Morgan fingerprint density at radius 1 is 0.892 bits per heavy atom. The SMILES string of the molecule is CCC[C@@H]1[C@H](c2ccc(C#Cc3ccccc3)cc2)[C@@H]2CN(C(=O)Nc3ccc(C)cc3)CCCCN12. The van der Waals surface area contributed by atoms with Crippen molar-refractivity contribution in [2.75, 3.05) is 25.0 Å². The lowest BCUT2D eigenvalue weighted by atomic mass is 9.72. The molecule has 0 aromatic heterocycles. The second-order valence-corrected chi connectivity index (χ2v) is 10.4. The number of hydrogen-bond acceptors (Lipinski definition) is 2. The van der Waals surface area contributed by atoms with E-state index in [0.717, 1.165) is 49.3 Å². The van der Waals surface area contributed by atoms with Crippen LogP contribution in [0.2, 0.25) is 0 Å². The van der Waals surface area contributed by atoms with Gasteiger partial charge < -0.3 is 10.2 Å². The smallest absolute Gasteiger partial charge is 0.321 e. The minimum Gasteiger partial charge on any atom is -0.323 e. The number of urea groups is 1. The highest BCUT2D eigenvalue weighted by molar-refractivity contribution is 5.89. The molecule has 2 fully saturated rings. The first-order valence-electron chi connectivity index (χ1n) is 13.7. The Kier molecular flexibility index (Phi) is 7.92. The number of nitrogens with zero attached hydrogens (tertiary/aromatic N) is 2. The molecule has 190 valence electrons. The number of hydrogen-bond donors (Lipinski definition) is 1. The Labute approximate surface area is 221 Å². The van der Waals surface area contributed by atoms with Crippen LogP contribution in [0.4, 0.5) is 10.5 Å². The van der Waals surface area contributed by atoms with Crippen LogP contribution in [0.25, 0.3) is 0 Å². The molecule has 4 nitrogen and oxygen atoms in total. The molecule has 3 aromatic carbocycles. The van der Waals surface area contributed by atoms with Crippen molar-refractivity contribution in [1.29, 1.82) is 0 Å². The number of carbonyl (C=O) groups excluding carboxylic acids is 1. The van der Waals surface area contributed by atoms with Gasteiger partial charge in [0.25, 0.3) is 0 Å². The minimum absolute atomic E-state index is 0.00919. The summed E-state index contributed by atoms with van der Waals surface area (Å²) in [5.41, 5.74) is 5.48. The molecule has 0 radical (unpaired) electrons. The monoisotopic (exact) mass is 491 g/mol. The fourth-order valence-electron chi connectivity index (χ4n) is 5.84. The van der Waals surface area contributed by atoms with Gasteiger partial charge in [0.1, 0.15) is 0 Å². The number of nitrogens with one attached hydrogen (secondary N) is 1. The molecule has 5 rings (SSSR count). The molecule has 2 amide bonds. The number of rotatable bonds is 4. The van der Waals surface area contributed by atoms with Crippen LogP contribution in [0.15, 0.2) is 78.9 Å². The lowest BCUT2D eigenvalue weighted by molar-refractivity contribution is -0.0392. The third-order valence-electron chi connectivity index (χ3n) is 7.78. The highest BCUT2D eigenvalue weighted by Crippen LogP contribution is 2.44. The van der Waals surface area contributed by atoms with E-state index in [1.807, 2.05) is 59.5 Å². The number of anilines is 1. The maximum Gasteiger partial charge on any atom is 0.321 e. The molecule has 1 N–H and O–H groups in total. The summed E-state index contributed by atoms with van der Waals surface area (Å²) >= 11 is 0. The van der Waals surface area contributed by atoms with Gasteiger partial charge in [0, 0.05) is 47.9 Å². The van der Waals surface area contributed by atoms with E-state index in [9.17, 15) is 4.79 Å². The van der Waals surface area contributed by atoms with Gasteiger partial charge in [-0.2, -0.15) is 0 Å². The lowest BCUT2D eigenvalue weighted by Crippen LogP contribution is -2.66. The predicted octanol–water partition coefficient (Wildman–Crippen LogP) is 6.66. The zero-order chi connectivity index (χ0) is 25.6. The van der Waals surface area contributed by atoms with Gasteiger partial charge in [-0.1, -0.05) is 73.2 Å². The van der Waals surface area contributed by atoms with Crippen LogP contribution in [0.5, 0.6) is 0 Å². The van der Waals surface area contributed by atoms with Gasteiger partial charge in [0.05, 0.1) is 0 Å². The maximum atomic E-state index is 13.3. The highest BCUT2D eigenvalue weighted by atomic mass is 16.2. The average Bonchev–Trinajstić information content (AvgIpc) is 2.91. The van der Waals surface area contributed by atoms with Gasteiger partial charge in [-0.05, 0) is 74.7 Å². The fourth-order valence-corrected chi connectivity index (χ4v) is 5.84. The molecule has 2 aliphatic rings. The fraction of sp³-hybridized carbons (Fsp3) is 0.364. The van der Waals surface area contributed by atoms with E-state index in [2.05, 4.69) is 60.2 Å². The summed E-state index contributed by atoms with van der Waals surface area (Å²) in [6, 6.07) is 27.9. The largest absolute Gasteiger partial charge is 0.323 e. The van der Waals surface area contributed by atoms with Crippen LogP contribution < -0.4 is 5.32 Å². The molecule has 2 saturated heterocycles. The Bertz CT molecular complexity index is 1240. The molecule has 0 spiro atoms. The van der Waals surface area contributed by atoms with Crippen molar-refractivity contribution in [3.63, 3.8) is 0 Å². The first-order valence-corrected chi connectivity index (χ1v) is 13.7. The molecule has 3 aromatic rings. The van der Waals surface area contributed by atoms with Crippen molar-refractivity contribution < 1.29 is 4.79 Å². The molecule has 3 atom stereocenters. The van der Waals surface area contributed by atoms with Crippen molar-refractivity contribution >= 4 is 11.7 Å². The summed E-state index contributed by atoms with van der Waals surface area (Å²) in [5.74, 6) is 6.99. The maximum absolute atomic E-state index is 13.3. The molecule has 2 heterocycles. The van der Waals surface area contributed by atoms with Crippen molar-refractivity contribution in [1.82, 2.24) is 9.80 Å². The molecular formula is C33H37N3O. The summed E-state index contributed by atoms with van der Waals surface area (Å²) < 4.78 is 0. The van der Waals surface area contributed by atoms with E-state index < -0.39 is 0 Å². The number of benzene rings is 3. The van der Waals surface area contributed by atoms with Crippen molar-refractivity contribution in [3.8, 4) is 11.8 Å². The van der Waals surface area contributed by atoms with Crippen molar-refractivity contribution in [2.24, 2.45) is 0 Å². The summed E-state index contributed by atoms with van der Waals surface area (Å²) in [6.45, 7) is 7.03. The van der Waals surface area contributed by atoms with Crippen molar-refractivity contribution in [2.45, 2.75) is 57.5 Å². The summed E-state index contributed by atoms with van der Waals surface area (Å²) in [4.78, 5) is 18.0. The Morgan fingerprint density at radius 3 is 2.27 bits per heavy atom. The van der Waals surface area contributed by atoms with Gasteiger partial charge >= 0.3 is 6.03 Å². The van der Waals surface area contributed by atoms with E-state index in [4.69, 9.17) is 0 Å². The second-order valence-electron chi connectivity index (χ2n) is 10.4. The molecule has 0 unspecified atom stereocenters. The topological polar surface area (TPSA) is 35.6 Å². The number of fused-ring (bicyclic) bond motifs is 1. The third-order valence-corrected chi connectivity index (χ3v) is 7.78. The molecule has 37 heavy (non-hydrogen) atoms. The molecular weight excluding hydrogens is 454 g/mol. The number of amides is 2. The van der Waals surface area contributed by atoms with E-state index >= 15 is 0 Å². The van der Waals surface area contributed by atoms with E-state index in [0.29, 0.717) is 18.0 Å². The first-order chi connectivity index (χ1) is 18.1. The Hall–Kier alpha value is -3.55. The Morgan fingerprint density at radius 2 is 1.57 bits per heavy atom. The first kappa shape index (κ1) is 25.1. The van der Waals surface area contributed by atoms with E-state index in [1.165, 1.54) is 24.0 Å². The van der Waals surface area contributed by atoms with Crippen LogP contribution in [0.3, 0.4) is 0 Å². The quantitative estimate of drug-likeness (QED) is 0.414. The molecule has 2 aliphatic heterocycles. The van der Waals surface area contributed by atoms with Crippen LogP contribution in [-0.2, 0) is 0 Å².